The Hall–Kier alpha value is 0.220. The van der Waals surface area contributed by atoms with Crippen LogP contribution < -0.4 is 0 Å². The van der Waals surface area contributed by atoms with E-state index in [9.17, 15) is 0 Å². The van der Waals surface area contributed by atoms with Crippen molar-refractivity contribution < 1.29 is 0 Å². The van der Waals surface area contributed by atoms with E-state index >= 15 is 0 Å². The molecule has 0 nitrogen and oxygen atoms in total. The van der Waals surface area contributed by atoms with Crippen molar-refractivity contribution in [2.45, 2.75) is 64.6 Å². The molecule has 0 aromatic rings. The predicted molar refractivity (Wildman–Crippen MR) is 74.9 cm³/mol. The number of halogens is 1. The fraction of sp³-hybridized carbons (Fsp3) is 0.867. The van der Waals surface area contributed by atoms with Crippen LogP contribution in [0.1, 0.15) is 59.8 Å². The zero-order chi connectivity index (χ0) is 12.0. The number of hydrogen-bond acceptors (Lipinski definition) is 0. The van der Waals surface area contributed by atoms with Crippen LogP contribution in [0.5, 0.6) is 0 Å². The molecule has 2 aliphatic carbocycles. The molecule has 92 valence electrons. The van der Waals surface area contributed by atoms with Crippen LogP contribution in [0.4, 0.5) is 0 Å². The molecular formula is C15H25Br. The molecule has 1 spiro atoms. The second kappa shape index (κ2) is 4.15. The first kappa shape index (κ1) is 12.7. The lowest BCUT2D eigenvalue weighted by Gasteiger charge is -2.58. The van der Waals surface area contributed by atoms with Gasteiger partial charge in [0.2, 0.25) is 0 Å². The van der Waals surface area contributed by atoms with Crippen molar-refractivity contribution in [1.29, 1.82) is 0 Å². The largest absolute Gasteiger partial charge is 0.0885 e. The topological polar surface area (TPSA) is 0 Å². The van der Waals surface area contributed by atoms with E-state index in [4.69, 9.17) is 0 Å². The zero-order valence-electron chi connectivity index (χ0n) is 11.1. The van der Waals surface area contributed by atoms with Gasteiger partial charge in [-0.1, -0.05) is 48.4 Å². The number of hydrogen-bond donors (Lipinski definition) is 0. The van der Waals surface area contributed by atoms with E-state index < -0.39 is 0 Å². The van der Waals surface area contributed by atoms with Gasteiger partial charge in [0.25, 0.3) is 0 Å². The molecule has 2 rings (SSSR count). The summed E-state index contributed by atoms with van der Waals surface area (Å²) in [5.74, 6) is 0.876. The highest BCUT2D eigenvalue weighted by molar-refractivity contribution is 9.09. The van der Waals surface area contributed by atoms with Crippen LogP contribution in [0.3, 0.4) is 0 Å². The standard InChI is InChI=1S/C15H25Br/c1-11-7-9-15(10-8-11)12(2)5-6-13(16)14(15,3)4/h7,12-13H,5-6,8-10H2,1-4H3/t12?,13-,15?/m0/s1. The number of allylic oxidation sites excluding steroid dienone is 2. The Balaban J connectivity index is 2.35. The predicted octanol–water partition coefficient (Wildman–Crippen LogP) is 5.32. The lowest BCUT2D eigenvalue weighted by Crippen LogP contribution is -2.52. The van der Waals surface area contributed by atoms with Crippen LogP contribution in [0.15, 0.2) is 11.6 Å². The summed E-state index contributed by atoms with van der Waals surface area (Å²) in [5.41, 5.74) is 2.58. The normalized spacial score (nSPS) is 43.2. The van der Waals surface area contributed by atoms with Gasteiger partial charge in [-0.05, 0) is 55.8 Å². The Morgan fingerprint density at radius 2 is 2.00 bits per heavy atom. The SMILES string of the molecule is CC1=CCC2(CC1)C(C)CC[C@H](Br)C2(C)C. The highest BCUT2D eigenvalue weighted by atomic mass is 79.9. The molecule has 1 heteroatoms. The third-order valence-electron chi connectivity index (χ3n) is 5.64. The Morgan fingerprint density at radius 1 is 1.31 bits per heavy atom. The first-order valence-corrected chi connectivity index (χ1v) is 7.61. The molecule has 0 aromatic heterocycles. The van der Waals surface area contributed by atoms with E-state index in [1.807, 2.05) is 0 Å². The average molecular weight is 285 g/mol. The Kier molecular flexibility index (Phi) is 3.29. The fourth-order valence-corrected chi connectivity index (χ4v) is 4.71. The Morgan fingerprint density at radius 3 is 2.56 bits per heavy atom. The molecule has 0 saturated heterocycles. The molecular weight excluding hydrogens is 260 g/mol. The molecule has 0 amide bonds. The molecule has 2 aliphatic rings. The average Bonchev–Trinajstić information content (AvgIpc) is 2.24. The molecule has 16 heavy (non-hydrogen) atoms. The van der Waals surface area contributed by atoms with Gasteiger partial charge in [0.15, 0.2) is 0 Å². The number of alkyl halides is 1. The molecule has 2 unspecified atom stereocenters. The quantitative estimate of drug-likeness (QED) is 0.417. The molecule has 0 N–H and O–H groups in total. The molecule has 3 atom stereocenters. The van der Waals surface area contributed by atoms with Gasteiger partial charge in [-0.15, -0.1) is 0 Å². The van der Waals surface area contributed by atoms with E-state index in [1.165, 1.54) is 32.1 Å². The van der Waals surface area contributed by atoms with Crippen molar-refractivity contribution in [3.8, 4) is 0 Å². The summed E-state index contributed by atoms with van der Waals surface area (Å²) in [7, 11) is 0. The van der Waals surface area contributed by atoms with E-state index in [1.54, 1.807) is 5.57 Å². The maximum atomic E-state index is 3.94. The maximum Gasteiger partial charge on any atom is 0.0202 e. The molecule has 0 aromatic carbocycles. The second-order valence-electron chi connectivity index (χ2n) is 6.58. The van der Waals surface area contributed by atoms with Gasteiger partial charge >= 0.3 is 0 Å². The van der Waals surface area contributed by atoms with Gasteiger partial charge in [-0.2, -0.15) is 0 Å². The van der Waals surface area contributed by atoms with Crippen molar-refractivity contribution in [3.05, 3.63) is 11.6 Å². The summed E-state index contributed by atoms with van der Waals surface area (Å²) >= 11 is 3.94. The molecule has 0 aliphatic heterocycles. The highest BCUT2D eigenvalue weighted by Crippen LogP contribution is 2.61. The molecule has 0 heterocycles. The van der Waals surface area contributed by atoms with E-state index in [-0.39, 0.29) is 0 Å². The first-order valence-electron chi connectivity index (χ1n) is 6.70. The lowest BCUT2D eigenvalue weighted by molar-refractivity contribution is -0.0359. The summed E-state index contributed by atoms with van der Waals surface area (Å²) in [6, 6.07) is 0. The van der Waals surface area contributed by atoms with Crippen LogP contribution in [0.2, 0.25) is 0 Å². The van der Waals surface area contributed by atoms with Crippen LogP contribution >= 0.6 is 15.9 Å². The lowest BCUT2D eigenvalue weighted by atomic mass is 9.49. The highest BCUT2D eigenvalue weighted by Gasteiger charge is 2.53. The van der Waals surface area contributed by atoms with E-state index in [2.05, 4.69) is 49.7 Å². The smallest absolute Gasteiger partial charge is 0.0202 e. The fourth-order valence-electron chi connectivity index (χ4n) is 3.99. The van der Waals surface area contributed by atoms with Gasteiger partial charge < -0.3 is 0 Å². The third kappa shape index (κ3) is 1.70. The van der Waals surface area contributed by atoms with Crippen molar-refractivity contribution in [2.24, 2.45) is 16.7 Å². The Bertz CT molecular complexity index is 303. The zero-order valence-corrected chi connectivity index (χ0v) is 12.7. The molecule has 1 fully saturated rings. The summed E-state index contributed by atoms with van der Waals surface area (Å²) < 4.78 is 0. The van der Waals surface area contributed by atoms with Gasteiger partial charge in [-0.3, -0.25) is 0 Å². The third-order valence-corrected chi connectivity index (χ3v) is 7.25. The minimum Gasteiger partial charge on any atom is -0.0885 e. The molecule has 0 bridgehead atoms. The van der Waals surface area contributed by atoms with Crippen LogP contribution in [-0.4, -0.2) is 4.83 Å². The minimum atomic E-state index is 0.432. The first-order chi connectivity index (χ1) is 7.40. The maximum absolute atomic E-state index is 3.94. The van der Waals surface area contributed by atoms with Gasteiger partial charge in [0.1, 0.15) is 0 Å². The van der Waals surface area contributed by atoms with E-state index in [0.717, 1.165) is 5.92 Å². The monoisotopic (exact) mass is 284 g/mol. The Labute approximate surface area is 109 Å². The van der Waals surface area contributed by atoms with Crippen LogP contribution in [0.25, 0.3) is 0 Å². The summed E-state index contributed by atoms with van der Waals surface area (Å²) in [6.07, 6.45) is 9.26. The second-order valence-corrected chi connectivity index (χ2v) is 7.68. The molecule has 0 radical (unpaired) electrons. The summed E-state index contributed by atoms with van der Waals surface area (Å²) in [4.78, 5) is 0.697. The van der Waals surface area contributed by atoms with Crippen molar-refractivity contribution in [1.82, 2.24) is 0 Å². The molecule has 1 saturated carbocycles. The summed E-state index contributed by atoms with van der Waals surface area (Å²) in [5, 5.41) is 0. The van der Waals surface area contributed by atoms with Gasteiger partial charge in [0, 0.05) is 4.83 Å². The van der Waals surface area contributed by atoms with Crippen LogP contribution in [-0.2, 0) is 0 Å². The van der Waals surface area contributed by atoms with Gasteiger partial charge in [0.05, 0.1) is 0 Å². The minimum absolute atomic E-state index is 0.432. The van der Waals surface area contributed by atoms with Gasteiger partial charge in [-0.25, -0.2) is 0 Å². The number of rotatable bonds is 0. The summed E-state index contributed by atoms with van der Waals surface area (Å²) in [6.45, 7) is 9.74. The van der Waals surface area contributed by atoms with E-state index in [0.29, 0.717) is 15.7 Å². The van der Waals surface area contributed by atoms with Crippen molar-refractivity contribution in [2.75, 3.05) is 0 Å². The van der Waals surface area contributed by atoms with Crippen molar-refractivity contribution in [3.63, 3.8) is 0 Å². The van der Waals surface area contributed by atoms with Crippen molar-refractivity contribution >= 4 is 15.9 Å². The van der Waals surface area contributed by atoms with Crippen LogP contribution in [0, 0.1) is 16.7 Å².